The molecule has 116 valence electrons. The average molecular weight is 309 g/mol. The summed E-state index contributed by atoms with van der Waals surface area (Å²) < 4.78 is 0. The van der Waals surface area contributed by atoms with Crippen molar-refractivity contribution in [1.29, 1.82) is 0 Å². The fraction of sp³-hybridized carbons (Fsp3) is 0.429. The van der Waals surface area contributed by atoms with E-state index in [1.54, 1.807) is 15.6 Å². The van der Waals surface area contributed by atoms with Gasteiger partial charge in [0, 0.05) is 0 Å². The Labute approximate surface area is 136 Å². The zero-order valence-electron chi connectivity index (χ0n) is 13.9. The largest absolute Gasteiger partial charge is 0.136 e. The summed E-state index contributed by atoms with van der Waals surface area (Å²) in [6.07, 6.45) is 30.3. The summed E-state index contributed by atoms with van der Waals surface area (Å²) in [5, 5.41) is 5.27. The van der Waals surface area contributed by atoms with Gasteiger partial charge in [-0.2, -0.15) is 0 Å². The van der Waals surface area contributed by atoms with Crippen LogP contribution >= 0.6 is 0 Å². The third-order valence-corrected chi connectivity index (χ3v) is 10.9. The third-order valence-electron chi connectivity index (χ3n) is 5.36. The molecule has 0 unspecified atom stereocenters. The molecule has 3 aliphatic carbocycles. The lowest BCUT2D eigenvalue weighted by Crippen LogP contribution is -2.42. The van der Waals surface area contributed by atoms with E-state index in [4.69, 9.17) is 0 Å². The number of rotatable bonds is 8. The Hall–Kier alpha value is -1.34. The van der Waals surface area contributed by atoms with Gasteiger partial charge in [0.1, 0.15) is 8.07 Å². The van der Waals surface area contributed by atoms with E-state index in [2.05, 4.69) is 61.6 Å². The predicted molar refractivity (Wildman–Crippen MR) is 100 cm³/mol. The summed E-state index contributed by atoms with van der Waals surface area (Å²) in [5.41, 5.74) is 0. The molecular formula is C21H28Si. The van der Waals surface area contributed by atoms with Gasteiger partial charge in [-0.15, -0.1) is 0 Å². The molecule has 0 nitrogen and oxygen atoms in total. The van der Waals surface area contributed by atoms with Crippen LogP contribution in [-0.4, -0.2) is 8.07 Å². The molecule has 1 heteroatoms. The van der Waals surface area contributed by atoms with Crippen molar-refractivity contribution in [1.82, 2.24) is 0 Å². The second-order valence-corrected chi connectivity index (χ2v) is 10.9. The Morgan fingerprint density at radius 1 is 0.727 bits per heavy atom. The number of allylic oxidation sites excluding steroid dienone is 12. The predicted octanol–water partition coefficient (Wildman–Crippen LogP) is 6.29. The van der Waals surface area contributed by atoms with Crippen LogP contribution in [0.3, 0.4) is 0 Å². The monoisotopic (exact) mass is 308 g/mol. The maximum atomic E-state index is 2.45. The number of unbranched alkanes of at least 4 members (excludes halogenated alkanes) is 3. The Morgan fingerprint density at radius 2 is 1.23 bits per heavy atom. The Balaban J connectivity index is 1.90. The van der Waals surface area contributed by atoms with Gasteiger partial charge in [0.15, 0.2) is 0 Å². The number of hydrogen-bond donors (Lipinski definition) is 0. The van der Waals surface area contributed by atoms with Crippen LogP contribution in [-0.2, 0) is 0 Å². The molecule has 3 aliphatic rings. The number of hydrogen-bond acceptors (Lipinski definition) is 0. The van der Waals surface area contributed by atoms with Crippen molar-refractivity contribution in [3.63, 3.8) is 0 Å². The lowest BCUT2D eigenvalue weighted by molar-refractivity contribution is 0.696. The maximum absolute atomic E-state index is 2.45. The van der Waals surface area contributed by atoms with Gasteiger partial charge in [-0.3, -0.25) is 0 Å². The first-order valence-electron chi connectivity index (χ1n) is 8.96. The van der Waals surface area contributed by atoms with Crippen molar-refractivity contribution in [3.05, 3.63) is 70.3 Å². The Kier molecular flexibility index (Phi) is 5.15. The van der Waals surface area contributed by atoms with Crippen molar-refractivity contribution in [2.45, 2.75) is 57.9 Å². The molecule has 0 aromatic carbocycles. The van der Waals surface area contributed by atoms with Crippen molar-refractivity contribution in [3.8, 4) is 0 Å². The smallest absolute Gasteiger partial charge is 0.0808 e. The normalized spacial score (nSPS) is 19.8. The molecule has 0 saturated heterocycles. The van der Waals surface area contributed by atoms with Gasteiger partial charge in [-0.1, -0.05) is 103 Å². The van der Waals surface area contributed by atoms with Crippen LogP contribution in [0.1, 0.15) is 51.9 Å². The van der Waals surface area contributed by atoms with Gasteiger partial charge in [0.2, 0.25) is 0 Å². The van der Waals surface area contributed by atoms with Gasteiger partial charge in [0.25, 0.3) is 0 Å². The molecule has 0 atom stereocenters. The zero-order chi connectivity index (χ0) is 15.3. The highest BCUT2D eigenvalue weighted by Crippen LogP contribution is 2.44. The second-order valence-electron chi connectivity index (χ2n) is 6.69. The molecule has 0 N–H and O–H groups in total. The molecule has 0 saturated carbocycles. The van der Waals surface area contributed by atoms with E-state index in [0.29, 0.717) is 0 Å². The molecule has 0 radical (unpaired) electrons. The molecule has 3 rings (SSSR count). The summed E-state index contributed by atoms with van der Waals surface area (Å²) in [6, 6.07) is 1.42. The van der Waals surface area contributed by atoms with Crippen LogP contribution in [0.4, 0.5) is 0 Å². The van der Waals surface area contributed by atoms with E-state index < -0.39 is 8.07 Å². The standard InChI is InChI=1S/C21H28Si/c1-2-3-4-11-18-22(19-12-5-6-13-19,20-14-7-8-15-20)21-16-9-10-17-21/h5-10,12,14,16H,2-4,11,13,15,17-18H2,1H3. The summed E-state index contributed by atoms with van der Waals surface area (Å²) in [6.45, 7) is 2.31. The van der Waals surface area contributed by atoms with Gasteiger partial charge < -0.3 is 0 Å². The quantitative estimate of drug-likeness (QED) is 0.365. The van der Waals surface area contributed by atoms with Crippen molar-refractivity contribution < 1.29 is 0 Å². The molecule has 0 heterocycles. The van der Waals surface area contributed by atoms with Crippen LogP contribution in [0, 0.1) is 0 Å². The van der Waals surface area contributed by atoms with E-state index >= 15 is 0 Å². The highest BCUT2D eigenvalue weighted by atomic mass is 28.3. The summed E-state index contributed by atoms with van der Waals surface area (Å²) in [7, 11) is -1.65. The Bertz CT molecular complexity index is 507. The van der Waals surface area contributed by atoms with E-state index in [1.807, 2.05) is 0 Å². The topological polar surface area (TPSA) is 0 Å². The van der Waals surface area contributed by atoms with Crippen LogP contribution in [0.15, 0.2) is 70.3 Å². The summed E-state index contributed by atoms with van der Waals surface area (Å²) in [5.74, 6) is 0. The third kappa shape index (κ3) is 2.92. The van der Waals surface area contributed by atoms with Crippen LogP contribution in [0.25, 0.3) is 0 Å². The van der Waals surface area contributed by atoms with E-state index in [0.717, 1.165) is 0 Å². The van der Waals surface area contributed by atoms with Gasteiger partial charge in [-0.05, 0) is 25.3 Å². The lowest BCUT2D eigenvalue weighted by atomic mass is 10.2. The highest BCUT2D eigenvalue weighted by Gasteiger charge is 2.43. The van der Waals surface area contributed by atoms with Crippen LogP contribution in [0.2, 0.25) is 6.04 Å². The van der Waals surface area contributed by atoms with Gasteiger partial charge >= 0.3 is 0 Å². The molecule has 0 aliphatic heterocycles. The van der Waals surface area contributed by atoms with Crippen molar-refractivity contribution in [2.75, 3.05) is 0 Å². The Morgan fingerprint density at radius 3 is 1.59 bits per heavy atom. The van der Waals surface area contributed by atoms with Crippen molar-refractivity contribution >= 4 is 8.07 Å². The SMILES string of the molecule is CCCCCC[Si](C1=CC=CC1)(C1=CC=CC1)C1=CC=CC1. The fourth-order valence-electron chi connectivity index (χ4n) is 4.21. The van der Waals surface area contributed by atoms with Gasteiger partial charge in [-0.25, -0.2) is 0 Å². The summed E-state index contributed by atoms with van der Waals surface area (Å²) >= 11 is 0. The van der Waals surface area contributed by atoms with E-state index in [9.17, 15) is 0 Å². The molecule has 22 heavy (non-hydrogen) atoms. The molecule has 0 spiro atoms. The minimum Gasteiger partial charge on any atom is -0.0808 e. The molecule has 0 aromatic heterocycles. The van der Waals surface area contributed by atoms with Crippen LogP contribution < -0.4 is 0 Å². The maximum Gasteiger partial charge on any atom is 0.136 e. The minimum atomic E-state index is -1.65. The minimum absolute atomic E-state index is 1.19. The molecule has 0 fully saturated rings. The average Bonchev–Trinajstić information content (AvgIpc) is 3.29. The first-order valence-corrected chi connectivity index (χ1v) is 11.2. The van der Waals surface area contributed by atoms with E-state index in [1.165, 1.54) is 51.0 Å². The first kappa shape index (κ1) is 15.5. The molecule has 0 amide bonds. The van der Waals surface area contributed by atoms with E-state index in [-0.39, 0.29) is 0 Å². The van der Waals surface area contributed by atoms with Gasteiger partial charge in [0.05, 0.1) is 0 Å². The first-order chi connectivity index (χ1) is 10.9. The zero-order valence-corrected chi connectivity index (χ0v) is 14.9. The molecule has 0 aromatic rings. The lowest BCUT2D eigenvalue weighted by Gasteiger charge is -2.37. The second kappa shape index (κ2) is 7.28. The highest BCUT2D eigenvalue weighted by molar-refractivity contribution is 6.98. The molecular weight excluding hydrogens is 280 g/mol. The summed E-state index contributed by atoms with van der Waals surface area (Å²) in [4.78, 5) is 0. The van der Waals surface area contributed by atoms with Crippen LogP contribution in [0.5, 0.6) is 0 Å². The van der Waals surface area contributed by atoms with Crippen molar-refractivity contribution in [2.24, 2.45) is 0 Å². The fourth-order valence-corrected chi connectivity index (χ4v) is 9.73. The molecule has 0 bridgehead atoms.